The number of hydrogen-bond acceptors (Lipinski definition) is 6. The molecule has 0 aliphatic heterocycles. The Bertz CT molecular complexity index is 923. The predicted molar refractivity (Wildman–Crippen MR) is 99.9 cm³/mol. The van der Waals surface area contributed by atoms with Gasteiger partial charge in [-0.25, -0.2) is 9.59 Å². The molecule has 2 rings (SSSR count). The van der Waals surface area contributed by atoms with Crippen LogP contribution in [0.5, 0.6) is 0 Å². The summed E-state index contributed by atoms with van der Waals surface area (Å²) in [7, 11) is 0.395. The van der Waals surface area contributed by atoms with Crippen LogP contribution in [0.25, 0.3) is 16.5 Å². The topological polar surface area (TPSA) is 112 Å². The van der Waals surface area contributed by atoms with Gasteiger partial charge >= 0.3 is 11.9 Å². The number of ether oxygens (including phenoxy) is 2. The summed E-state index contributed by atoms with van der Waals surface area (Å²) in [5.74, 6) is -1.44. The van der Waals surface area contributed by atoms with Crippen molar-refractivity contribution in [1.82, 2.24) is 4.98 Å². The average Bonchev–Trinajstić information content (AvgIpc) is 2.97. The Morgan fingerprint density at radius 1 is 1.19 bits per heavy atom. The molecule has 0 unspecified atom stereocenters. The number of aromatic amines is 1. The quantitative estimate of drug-likeness (QED) is 0.282. The van der Waals surface area contributed by atoms with E-state index >= 15 is 0 Å². The van der Waals surface area contributed by atoms with E-state index in [0.717, 1.165) is 11.4 Å². The van der Waals surface area contributed by atoms with E-state index in [-0.39, 0.29) is 11.3 Å². The second-order valence-corrected chi connectivity index (χ2v) is 11.7. The number of methoxy groups -OCH3 is 2. The van der Waals surface area contributed by atoms with Gasteiger partial charge in [-0.05, 0) is 6.07 Å². The van der Waals surface area contributed by atoms with Crippen molar-refractivity contribution in [2.75, 3.05) is 14.2 Å². The molecular weight excluding hydrogens is 356 g/mol. The number of nitro groups is 1. The predicted octanol–water partition coefficient (Wildman–Crippen LogP) is 2.35. The van der Waals surface area contributed by atoms with Crippen LogP contribution in [0.15, 0.2) is 24.3 Å². The molecule has 8 nitrogen and oxygen atoms in total. The third-order valence-corrected chi connectivity index (χ3v) is 5.76. The highest BCUT2D eigenvalue weighted by atomic mass is 28.3. The number of carbonyl (C=O) groups excluding carboxylic acids is 2. The van der Waals surface area contributed by atoms with E-state index in [1.807, 2.05) is 0 Å². The first-order valence-electron chi connectivity index (χ1n) is 7.79. The van der Waals surface area contributed by atoms with Gasteiger partial charge in [-0.15, -0.1) is 0 Å². The minimum Gasteiger partial charge on any atom is -0.466 e. The first-order chi connectivity index (χ1) is 12.1. The number of aromatic nitrogens is 1. The lowest BCUT2D eigenvalue weighted by Crippen LogP contribution is -2.41. The van der Waals surface area contributed by atoms with Crippen molar-refractivity contribution >= 4 is 47.5 Å². The molecule has 9 heteroatoms. The molecule has 2 aromatic rings. The maximum absolute atomic E-state index is 12.4. The Hall–Kier alpha value is -2.94. The Morgan fingerprint density at radius 3 is 2.35 bits per heavy atom. The highest BCUT2D eigenvalue weighted by Gasteiger charge is 2.30. The van der Waals surface area contributed by atoms with Crippen molar-refractivity contribution < 1.29 is 24.0 Å². The number of esters is 2. The Balaban J connectivity index is 2.92. The van der Waals surface area contributed by atoms with Crippen molar-refractivity contribution in [3.8, 4) is 0 Å². The van der Waals surface area contributed by atoms with Crippen LogP contribution in [-0.2, 0) is 19.1 Å². The smallest absolute Gasteiger partial charge is 0.338 e. The van der Waals surface area contributed by atoms with Crippen LogP contribution in [0.4, 0.5) is 5.69 Å². The largest absolute Gasteiger partial charge is 0.466 e. The summed E-state index contributed by atoms with van der Waals surface area (Å²) in [6.07, 6.45) is 1.05. The van der Waals surface area contributed by atoms with Crippen LogP contribution < -0.4 is 5.32 Å². The van der Waals surface area contributed by atoms with Gasteiger partial charge in [-0.1, -0.05) is 19.6 Å². The fourth-order valence-electron chi connectivity index (χ4n) is 2.66. The average molecular weight is 376 g/mol. The van der Waals surface area contributed by atoms with Gasteiger partial charge in [0.25, 0.3) is 5.69 Å². The Kier molecular flexibility index (Phi) is 5.31. The summed E-state index contributed by atoms with van der Waals surface area (Å²) in [4.78, 5) is 38.1. The number of carbonyl (C=O) groups is 2. The lowest BCUT2D eigenvalue weighted by molar-refractivity contribution is -0.384. The third kappa shape index (κ3) is 3.67. The van der Waals surface area contributed by atoms with Gasteiger partial charge < -0.3 is 14.5 Å². The first-order valence-corrected chi connectivity index (χ1v) is 11.3. The summed E-state index contributed by atoms with van der Waals surface area (Å²) in [6.45, 7) is 6.17. The van der Waals surface area contributed by atoms with Crippen molar-refractivity contribution in [3.63, 3.8) is 0 Å². The van der Waals surface area contributed by atoms with Gasteiger partial charge in [0, 0.05) is 40.0 Å². The number of fused-ring (bicyclic) bond motifs is 1. The molecule has 1 aromatic carbocycles. The Morgan fingerprint density at radius 2 is 1.85 bits per heavy atom. The first kappa shape index (κ1) is 19.4. The molecule has 0 aliphatic rings. The van der Waals surface area contributed by atoms with E-state index < -0.39 is 24.9 Å². The number of nitrogens with zero attached hydrogens (tertiary/aromatic N) is 1. The molecule has 0 bridgehead atoms. The van der Waals surface area contributed by atoms with Crippen molar-refractivity contribution in [2.45, 2.75) is 19.6 Å². The molecule has 0 radical (unpaired) electrons. The number of hydrogen-bond donors (Lipinski definition) is 1. The summed E-state index contributed by atoms with van der Waals surface area (Å²) >= 11 is 0. The highest BCUT2D eigenvalue weighted by molar-refractivity contribution is 6.89. The van der Waals surface area contributed by atoms with E-state index in [4.69, 9.17) is 4.74 Å². The summed E-state index contributed by atoms with van der Waals surface area (Å²) < 4.78 is 9.47. The van der Waals surface area contributed by atoms with Gasteiger partial charge in [-0.3, -0.25) is 10.1 Å². The zero-order chi connectivity index (χ0) is 19.6. The molecule has 0 fully saturated rings. The number of rotatable bonds is 5. The summed E-state index contributed by atoms with van der Waals surface area (Å²) in [5.41, 5.74) is 0.980. The van der Waals surface area contributed by atoms with Crippen LogP contribution in [-0.4, -0.2) is 44.1 Å². The molecule has 0 atom stereocenters. The standard InChI is InChI=1S/C17H20N2O6Si/c1-24-14(20)9-12(17(21)25-2)15-11-8-10(19(22)23)6-7-13(11)18-16(15)26(3,4)5/h6-9,18H,1-5H3/b12-9-. The molecule has 0 aliphatic carbocycles. The monoisotopic (exact) mass is 376 g/mol. The maximum Gasteiger partial charge on any atom is 0.338 e. The summed E-state index contributed by atoms with van der Waals surface area (Å²) in [6, 6.07) is 4.37. The van der Waals surface area contributed by atoms with Gasteiger partial charge in [0.2, 0.25) is 0 Å². The minimum absolute atomic E-state index is 0.00326. The molecule has 26 heavy (non-hydrogen) atoms. The third-order valence-electron chi connectivity index (χ3n) is 3.88. The van der Waals surface area contributed by atoms with Crippen molar-refractivity contribution in [1.29, 1.82) is 0 Å². The van der Waals surface area contributed by atoms with E-state index in [0.29, 0.717) is 16.5 Å². The number of H-pyrrole nitrogens is 1. The van der Waals surface area contributed by atoms with E-state index in [1.54, 1.807) is 6.07 Å². The van der Waals surface area contributed by atoms with Crippen molar-refractivity contribution in [2.24, 2.45) is 0 Å². The minimum atomic E-state index is -2.01. The van der Waals surface area contributed by atoms with Gasteiger partial charge in [0.1, 0.15) is 0 Å². The molecule has 1 heterocycles. The molecule has 0 spiro atoms. The van der Waals surface area contributed by atoms with Crippen LogP contribution in [0.2, 0.25) is 19.6 Å². The molecule has 1 N–H and O–H groups in total. The lowest BCUT2D eigenvalue weighted by Gasteiger charge is -2.18. The molecule has 0 saturated heterocycles. The molecule has 0 amide bonds. The molecule has 138 valence electrons. The van der Waals surface area contributed by atoms with E-state index in [1.165, 1.54) is 26.4 Å². The normalized spacial score (nSPS) is 12.1. The van der Waals surface area contributed by atoms with E-state index in [9.17, 15) is 19.7 Å². The second-order valence-electron chi connectivity index (χ2n) is 6.68. The van der Waals surface area contributed by atoms with Crippen LogP contribution in [0.3, 0.4) is 0 Å². The fourth-order valence-corrected chi connectivity index (χ4v) is 4.18. The number of benzene rings is 1. The van der Waals surface area contributed by atoms with Crippen molar-refractivity contribution in [3.05, 3.63) is 40.0 Å². The van der Waals surface area contributed by atoms with Gasteiger partial charge in [0.15, 0.2) is 0 Å². The zero-order valence-electron chi connectivity index (χ0n) is 15.2. The van der Waals surface area contributed by atoms with Gasteiger partial charge in [0.05, 0.1) is 32.8 Å². The van der Waals surface area contributed by atoms with Crippen LogP contribution in [0.1, 0.15) is 5.56 Å². The lowest BCUT2D eigenvalue weighted by atomic mass is 10.0. The SMILES string of the molecule is COC(=O)/C=C(\C(=O)OC)c1c([Si](C)(C)C)[nH]c2ccc([N+](=O)[O-])cc12. The second kappa shape index (κ2) is 7.12. The number of non-ortho nitro benzene ring substituents is 1. The molecule has 1 aromatic heterocycles. The van der Waals surface area contributed by atoms with Crippen LogP contribution >= 0.6 is 0 Å². The fraction of sp³-hybridized carbons (Fsp3) is 0.294. The van der Waals surface area contributed by atoms with E-state index in [2.05, 4.69) is 29.4 Å². The van der Waals surface area contributed by atoms with Crippen LogP contribution in [0, 0.1) is 10.1 Å². The molecule has 0 saturated carbocycles. The Labute approximate surface area is 151 Å². The number of nitrogens with one attached hydrogen (secondary N) is 1. The molecular formula is C17H20N2O6Si. The number of nitro benzene ring substituents is 1. The maximum atomic E-state index is 12.4. The summed E-state index contributed by atoms with van der Waals surface area (Å²) in [5, 5.41) is 12.4. The zero-order valence-corrected chi connectivity index (χ0v) is 16.2. The van der Waals surface area contributed by atoms with Gasteiger partial charge in [-0.2, -0.15) is 0 Å². The highest BCUT2D eigenvalue weighted by Crippen LogP contribution is 2.30.